The van der Waals surface area contributed by atoms with Crippen molar-refractivity contribution >= 4 is 11.9 Å². The van der Waals surface area contributed by atoms with Gasteiger partial charge in [-0.25, -0.2) is 13.1 Å². The molecule has 0 bridgehead atoms. The number of hydrogen-bond donors (Lipinski definition) is 0. The molecule has 0 amide bonds. The molecule has 3 rings (SSSR count). The van der Waals surface area contributed by atoms with Crippen LogP contribution in [0.25, 0.3) is 0 Å². The summed E-state index contributed by atoms with van der Waals surface area (Å²) in [4.78, 5) is 3.46. The predicted octanol–water partition coefficient (Wildman–Crippen LogP) is 6.39. The summed E-state index contributed by atoms with van der Waals surface area (Å²) >= 11 is 1.71. The molecule has 2 aromatic rings. The Bertz CT molecular complexity index is 844. The zero-order valence-corrected chi connectivity index (χ0v) is 19.2. The van der Waals surface area contributed by atoms with Gasteiger partial charge in [0.05, 0.1) is 5.41 Å². The fraction of sp³-hybridized carbons (Fsp3) is 0.440. The first-order valence-corrected chi connectivity index (χ1v) is 11.2. The number of alkyl halides is 2. The third-order valence-corrected chi connectivity index (χ3v) is 7.42. The van der Waals surface area contributed by atoms with Crippen molar-refractivity contribution in [3.8, 4) is 0 Å². The summed E-state index contributed by atoms with van der Waals surface area (Å²) in [6.07, 6.45) is 0.875. The van der Waals surface area contributed by atoms with Gasteiger partial charge in [0, 0.05) is 49.6 Å². The molecule has 1 atom stereocenters. The minimum Gasteiger partial charge on any atom is -0.372 e. The molecule has 0 spiro atoms. The van der Waals surface area contributed by atoms with Crippen LogP contribution in [0.15, 0.2) is 71.8 Å². The van der Waals surface area contributed by atoms with Gasteiger partial charge < -0.3 is 4.90 Å². The highest BCUT2D eigenvalue weighted by Gasteiger charge is 2.43. The maximum absolute atomic E-state index is 13.9. The van der Waals surface area contributed by atoms with Gasteiger partial charge in [-0.3, -0.25) is 0 Å². The quantitative estimate of drug-likeness (QED) is 0.470. The lowest BCUT2D eigenvalue weighted by Gasteiger charge is -2.41. The van der Waals surface area contributed by atoms with Crippen LogP contribution in [0.3, 0.4) is 0 Å². The molecule has 5 heteroatoms. The SMILES string of the molecule is C=C(Cc1ccccc1)N1CCN(Sc2ccc(C(C)(C)C(C)(F)F)cc2)C(C)C1. The van der Waals surface area contributed by atoms with E-state index >= 15 is 0 Å². The Morgan fingerprint density at radius 2 is 1.67 bits per heavy atom. The van der Waals surface area contributed by atoms with Crippen molar-refractivity contribution in [3.63, 3.8) is 0 Å². The molecule has 30 heavy (non-hydrogen) atoms. The van der Waals surface area contributed by atoms with Crippen molar-refractivity contribution in [2.75, 3.05) is 19.6 Å². The number of allylic oxidation sites excluding steroid dienone is 1. The highest BCUT2D eigenvalue weighted by atomic mass is 32.2. The summed E-state index contributed by atoms with van der Waals surface area (Å²) in [6.45, 7) is 13.5. The van der Waals surface area contributed by atoms with Crippen molar-refractivity contribution in [3.05, 3.63) is 78.0 Å². The summed E-state index contributed by atoms with van der Waals surface area (Å²) in [5.41, 5.74) is 1.92. The Balaban J connectivity index is 1.57. The molecular formula is C25H32F2N2S. The highest BCUT2D eigenvalue weighted by Crippen LogP contribution is 2.39. The average molecular weight is 431 g/mol. The molecule has 1 aliphatic heterocycles. The number of piperazine rings is 1. The van der Waals surface area contributed by atoms with Crippen LogP contribution in [0, 0.1) is 0 Å². The number of rotatable bonds is 7. The Labute approximate surface area is 184 Å². The van der Waals surface area contributed by atoms with Crippen LogP contribution in [0.1, 0.15) is 38.8 Å². The molecule has 0 aromatic heterocycles. The first-order valence-electron chi connectivity index (χ1n) is 10.5. The van der Waals surface area contributed by atoms with Gasteiger partial charge >= 0.3 is 0 Å². The van der Waals surface area contributed by atoms with E-state index in [-0.39, 0.29) is 0 Å². The lowest BCUT2D eigenvalue weighted by Crippen LogP contribution is -2.48. The Morgan fingerprint density at radius 3 is 2.23 bits per heavy atom. The van der Waals surface area contributed by atoms with Gasteiger partial charge in [0.25, 0.3) is 5.92 Å². The van der Waals surface area contributed by atoms with E-state index in [0.29, 0.717) is 11.6 Å². The van der Waals surface area contributed by atoms with Gasteiger partial charge in [-0.15, -0.1) is 0 Å². The van der Waals surface area contributed by atoms with Crippen molar-refractivity contribution in [2.45, 2.75) is 56.4 Å². The summed E-state index contributed by atoms with van der Waals surface area (Å²) < 4.78 is 30.2. The van der Waals surface area contributed by atoms with E-state index in [4.69, 9.17) is 0 Å². The number of halogens is 2. The van der Waals surface area contributed by atoms with E-state index in [1.54, 1.807) is 25.8 Å². The summed E-state index contributed by atoms with van der Waals surface area (Å²) in [7, 11) is 0. The summed E-state index contributed by atoms with van der Waals surface area (Å²) in [6, 6.07) is 18.4. The van der Waals surface area contributed by atoms with Crippen LogP contribution in [-0.2, 0) is 11.8 Å². The Hall–Kier alpha value is -1.85. The van der Waals surface area contributed by atoms with Crippen LogP contribution in [-0.4, -0.2) is 40.8 Å². The smallest absolute Gasteiger partial charge is 0.254 e. The molecule has 0 saturated carbocycles. The van der Waals surface area contributed by atoms with Crippen molar-refractivity contribution < 1.29 is 8.78 Å². The van der Waals surface area contributed by atoms with Gasteiger partial charge in [0.15, 0.2) is 0 Å². The standard InChI is InChI=1S/C25H32F2N2S/c1-19(17-21-9-7-6-8-10-21)28-15-16-29(20(2)18-28)30-23-13-11-22(12-14-23)24(3,4)25(5,26)27/h6-14,20H,1,15-18H2,2-5H3. The lowest BCUT2D eigenvalue weighted by molar-refractivity contribution is -0.0468. The molecule has 0 aliphatic carbocycles. The third-order valence-electron chi connectivity index (χ3n) is 6.16. The fourth-order valence-corrected chi connectivity index (χ4v) is 4.58. The van der Waals surface area contributed by atoms with E-state index in [0.717, 1.165) is 43.6 Å². The molecule has 2 nitrogen and oxygen atoms in total. The molecule has 1 heterocycles. The minimum absolute atomic E-state index is 0.368. The van der Waals surface area contributed by atoms with Gasteiger partial charge in [-0.05, 0) is 42.1 Å². The maximum atomic E-state index is 13.9. The second-order valence-electron chi connectivity index (χ2n) is 8.79. The van der Waals surface area contributed by atoms with Crippen molar-refractivity contribution in [1.29, 1.82) is 0 Å². The van der Waals surface area contributed by atoms with Crippen molar-refractivity contribution in [1.82, 2.24) is 9.21 Å². The molecule has 1 unspecified atom stereocenters. The number of benzene rings is 2. The zero-order valence-electron chi connectivity index (χ0n) is 18.4. The van der Waals surface area contributed by atoms with E-state index in [1.807, 2.05) is 30.3 Å². The third kappa shape index (κ3) is 5.25. The summed E-state index contributed by atoms with van der Waals surface area (Å²) in [5, 5.41) is 0. The second-order valence-corrected chi connectivity index (χ2v) is 9.92. The molecule has 0 radical (unpaired) electrons. The maximum Gasteiger partial charge on any atom is 0.254 e. The normalized spacial score (nSPS) is 18.5. The zero-order chi connectivity index (χ0) is 21.9. The second kappa shape index (κ2) is 9.11. The number of nitrogens with zero attached hydrogens (tertiary/aromatic N) is 2. The van der Waals surface area contributed by atoms with Crippen LogP contribution in [0.4, 0.5) is 8.78 Å². The fourth-order valence-electron chi connectivity index (χ4n) is 3.63. The van der Waals surface area contributed by atoms with Crippen LogP contribution >= 0.6 is 11.9 Å². The largest absolute Gasteiger partial charge is 0.372 e. The van der Waals surface area contributed by atoms with E-state index < -0.39 is 11.3 Å². The average Bonchev–Trinajstić information content (AvgIpc) is 2.70. The van der Waals surface area contributed by atoms with E-state index in [1.165, 1.54) is 5.56 Å². The van der Waals surface area contributed by atoms with Gasteiger partial charge in [0.1, 0.15) is 0 Å². The predicted molar refractivity (Wildman–Crippen MR) is 123 cm³/mol. The van der Waals surface area contributed by atoms with Crippen LogP contribution in [0.2, 0.25) is 0 Å². The monoisotopic (exact) mass is 430 g/mol. The molecule has 0 N–H and O–H groups in total. The molecule has 162 valence electrons. The van der Waals surface area contributed by atoms with E-state index in [9.17, 15) is 8.78 Å². The molecule has 1 saturated heterocycles. The topological polar surface area (TPSA) is 6.48 Å². The molecule has 1 fully saturated rings. The molecular weight excluding hydrogens is 398 g/mol. The van der Waals surface area contributed by atoms with Gasteiger partial charge in [0.2, 0.25) is 0 Å². The first kappa shape index (κ1) is 22.8. The summed E-state index contributed by atoms with van der Waals surface area (Å²) in [5.74, 6) is -2.77. The van der Waals surface area contributed by atoms with Gasteiger partial charge in [-0.1, -0.05) is 62.9 Å². The lowest BCUT2D eigenvalue weighted by atomic mass is 9.79. The highest BCUT2D eigenvalue weighted by molar-refractivity contribution is 7.97. The molecule has 1 aliphatic rings. The molecule has 2 aromatic carbocycles. The minimum atomic E-state index is -2.77. The van der Waals surface area contributed by atoms with E-state index in [2.05, 4.69) is 47.0 Å². The number of hydrogen-bond acceptors (Lipinski definition) is 3. The van der Waals surface area contributed by atoms with Gasteiger partial charge in [-0.2, -0.15) is 0 Å². The van der Waals surface area contributed by atoms with Crippen LogP contribution in [0.5, 0.6) is 0 Å². The first-order chi connectivity index (χ1) is 14.1. The van der Waals surface area contributed by atoms with Crippen LogP contribution < -0.4 is 0 Å². The Morgan fingerprint density at radius 1 is 1.03 bits per heavy atom. The van der Waals surface area contributed by atoms with Crippen molar-refractivity contribution in [2.24, 2.45) is 0 Å². The Kier molecular flexibility index (Phi) is 6.93.